The molecular weight excluding hydrogens is 419 g/mol. The molecule has 0 heterocycles. The Hall–Kier alpha value is -1.63. The van der Waals surface area contributed by atoms with Crippen LogP contribution in [0.4, 0.5) is 0 Å². The van der Waals surface area contributed by atoms with Crippen molar-refractivity contribution in [3.8, 4) is 23.0 Å². The van der Waals surface area contributed by atoms with Crippen LogP contribution in [0.5, 0.6) is 23.0 Å². The zero-order chi connectivity index (χ0) is 17.4. The van der Waals surface area contributed by atoms with Gasteiger partial charge in [0, 0.05) is 0 Å². The molecule has 0 aliphatic heterocycles. The van der Waals surface area contributed by atoms with Crippen molar-refractivity contribution in [2.45, 2.75) is 19.8 Å². The van der Waals surface area contributed by atoms with Crippen molar-refractivity contribution in [2.24, 2.45) is 0 Å². The Morgan fingerprint density at radius 2 is 1.46 bits per heavy atom. The van der Waals surface area contributed by atoms with E-state index in [1.54, 1.807) is 21.3 Å². The quantitative estimate of drug-likeness (QED) is 0.429. The summed E-state index contributed by atoms with van der Waals surface area (Å²) in [6, 6.07) is 12.1. The van der Waals surface area contributed by atoms with Crippen LogP contribution in [-0.4, -0.2) is 27.9 Å². The molecule has 0 fully saturated rings. The summed E-state index contributed by atoms with van der Waals surface area (Å²) in [5, 5.41) is 0. The van der Waals surface area contributed by atoms with Crippen molar-refractivity contribution in [1.29, 1.82) is 0 Å². The number of hydrogen-bond donors (Lipinski definition) is 0. The Morgan fingerprint density at radius 3 is 1.96 bits per heavy atom. The van der Waals surface area contributed by atoms with Crippen LogP contribution in [0.3, 0.4) is 0 Å². The van der Waals surface area contributed by atoms with Gasteiger partial charge in [-0.15, -0.1) is 0 Å². The Kier molecular flexibility index (Phi) is 7.49. The molecule has 132 valence electrons. The van der Waals surface area contributed by atoms with E-state index >= 15 is 0 Å². The average Bonchev–Trinajstić information content (AvgIpc) is 2.63. The second-order valence-corrected chi connectivity index (χ2v) is 7.96. The van der Waals surface area contributed by atoms with E-state index in [2.05, 4.69) is 19.1 Å². The Bertz CT molecular complexity index is 615. The molecule has 0 radical (unpaired) electrons. The fourth-order valence-corrected chi connectivity index (χ4v) is 4.72. The van der Waals surface area contributed by atoms with Gasteiger partial charge in [-0.25, -0.2) is 0 Å². The number of unbranched alkanes of at least 4 members (excludes halogenated alkanes) is 1. The van der Waals surface area contributed by atoms with Crippen molar-refractivity contribution < 1.29 is 40.2 Å². The predicted molar refractivity (Wildman–Crippen MR) is 90.3 cm³/mol. The third-order valence-corrected chi connectivity index (χ3v) is 6.38. The van der Waals surface area contributed by atoms with E-state index in [1.807, 2.05) is 24.3 Å². The molecule has 0 aromatic heterocycles. The predicted octanol–water partition coefficient (Wildman–Crippen LogP) is 1.02. The van der Waals surface area contributed by atoms with Crippen LogP contribution in [-0.2, 0) is 0 Å². The molecule has 0 N–H and O–H groups in total. The van der Waals surface area contributed by atoms with Crippen molar-refractivity contribution in [3.63, 3.8) is 0 Å². The van der Waals surface area contributed by atoms with Gasteiger partial charge in [0.1, 0.15) is 0 Å². The summed E-state index contributed by atoms with van der Waals surface area (Å²) in [5.74, 6) is 3.27. The molecular formula is C19H24IO4-. The Morgan fingerprint density at radius 1 is 0.833 bits per heavy atom. The van der Waals surface area contributed by atoms with Crippen LogP contribution in [0, 0.1) is 7.14 Å². The molecule has 0 saturated carbocycles. The van der Waals surface area contributed by atoms with Gasteiger partial charge in [-0.2, -0.15) is 0 Å². The molecule has 24 heavy (non-hydrogen) atoms. The molecule has 0 bridgehead atoms. The molecule has 2 aromatic rings. The van der Waals surface area contributed by atoms with E-state index in [0.29, 0.717) is 0 Å². The van der Waals surface area contributed by atoms with Gasteiger partial charge in [-0.1, -0.05) is 0 Å². The van der Waals surface area contributed by atoms with Crippen LogP contribution in [0.1, 0.15) is 19.8 Å². The molecule has 2 aromatic carbocycles. The van der Waals surface area contributed by atoms with Gasteiger partial charge in [0.05, 0.1) is 0 Å². The number of ether oxygens (including phenoxy) is 4. The first-order valence-corrected chi connectivity index (χ1v) is 10.0. The van der Waals surface area contributed by atoms with E-state index < -0.39 is 21.2 Å². The van der Waals surface area contributed by atoms with E-state index in [1.165, 1.54) is 3.57 Å². The molecule has 4 nitrogen and oxygen atoms in total. The van der Waals surface area contributed by atoms with Crippen LogP contribution in [0.2, 0.25) is 0 Å². The summed E-state index contributed by atoms with van der Waals surface area (Å²) in [4.78, 5) is 0. The summed E-state index contributed by atoms with van der Waals surface area (Å²) in [5.41, 5.74) is 0. The van der Waals surface area contributed by atoms with Gasteiger partial charge in [0.15, 0.2) is 0 Å². The zero-order valence-electron chi connectivity index (χ0n) is 14.6. The topological polar surface area (TPSA) is 36.9 Å². The molecule has 0 atom stereocenters. The summed E-state index contributed by atoms with van der Waals surface area (Å²) < 4.78 is 24.5. The SMILES string of the molecule is CCCCOc1ccc([I-]c2c(OC)cc(OC)cc2OC)cc1. The summed E-state index contributed by atoms with van der Waals surface area (Å²) >= 11 is -0.436. The molecule has 0 spiro atoms. The molecule has 2 rings (SSSR count). The van der Waals surface area contributed by atoms with E-state index in [9.17, 15) is 0 Å². The van der Waals surface area contributed by atoms with Gasteiger partial charge in [-0.05, 0) is 0 Å². The Balaban J connectivity index is 2.18. The van der Waals surface area contributed by atoms with Crippen LogP contribution in [0.15, 0.2) is 36.4 Å². The van der Waals surface area contributed by atoms with Crippen molar-refractivity contribution in [1.82, 2.24) is 0 Å². The van der Waals surface area contributed by atoms with Gasteiger partial charge in [0.25, 0.3) is 0 Å². The number of benzene rings is 2. The number of rotatable bonds is 9. The first-order valence-electron chi connectivity index (χ1n) is 7.89. The molecule has 5 heteroatoms. The summed E-state index contributed by atoms with van der Waals surface area (Å²) in [6.07, 6.45) is 2.22. The first-order chi connectivity index (χ1) is 11.7. The Labute approximate surface area is 154 Å². The third kappa shape index (κ3) is 4.93. The normalized spacial score (nSPS) is 10.5. The van der Waals surface area contributed by atoms with Crippen molar-refractivity contribution in [3.05, 3.63) is 43.5 Å². The standard InChI is InChI=1S/C19H24IO4/c1-5-6-11-24-15-9-7-14(8-10-15)20-19-17(22-3)12-16(21-2)13-18(19)23-4/h7-10,12-13H,5-6,11H2,1-4H3/q-1. The average molecular weight is 443 g/mol. The fraction of sp³-hybridized carbons (Fsp3) is 0.368. The minimum absolute atomic E-state index is 0.436. The number of halogens is 1. The minimum atomic E-state index is -0.436. The maximum atomic E-state index is 5.72. The van der Waals surface area contributed by atoms with Crippen molar-refractivity contribution >= 4 is 0 Å². The molecule has 0 aliphatic rings. The van der Waals surface area contributed by atoms with Gasteiger partial charge in [0.2, 0.25) is 0 Å². The molecule has 0 saturated heterocycles. The number of hydrogen-bond acceptors (Lipinski definition) is 4. The maximum absolute atomic E-state index is 5.72. The summed E-state index contributed by atoms with van der Waals surface area (Å²) in [6.45, 7) is 2.93. The first kappa shape index (κ1) is 18.7. The molecule has 0 unspecified atom stereocenters. The van der Waals surface area contributed by atoms with Crippen LogP contribution >= 0.6 is 0 Å². The number of methoxy groups -OCH3 is 3. The molecule has 0 aliphatic carbocycles. The van der Waals surface area contributed by atoms with Gasteiger partial charge in [-0.3, -0.25) is 0 Å². The fourth-order valence-electron chi connectivity index (χ4n) is 2.09. The van der Waals surface area contributed by atoms with Crippen LogP contribution in [0.25, 0.3) is 0 Å². The zero-order valence-corrected chi connectivity index (χ0v) is 16.8. The van der Waals surface area contributed by atoms with Gasteiger partial charge < -0.3 is 0 Å². The molecule has 0 amide bonds. The third-order valence-electron chi connectivity index (χ3n) is 3.44. The van der Waals surface area contributed by atoms with E-state index in [4.69, 9.17) is 18.9 Å². The second-order valence-electron chi connectivity index (χ2n) is 5.10. The van der Waals surface area contributed by atoms with Crippen LogP contribution < -0.4 is 40.2 Å². The summed E-state index contributed by atoms with van der Waals surface area (Å²) in [7, 11) is 4.98. The second kappa shape index (κ2) is 9.61. The monoisotopic (exact) mass is 443 g/mol. The van der Waals surface area contributed by atoms with E-state index in [0.717, 1.165) is 46.0 Å². The van der Waals surface area contributed by atoms with Gasteiger partial charge >= 0.3 is 154 Å². The van der Waals surface area contributed by atoms with E-state index in [-0.39, 0.29) is 0 Å². The van der Waals surface area contributed by atoms with Crippen molar-refractivity contribution in [2.75, 3.05) is 27.9 Å².